The second-order valence-corrected chi connectivity index (χ2v) is 5.11. The molecule has 1 N–H and O–H groups in total. The highest BCUT2D eigenvalue weighted by Gasteiger charge is 2.30. The van der Waals surface area contributed by atoms with E-state index < -0.39 is 6.10 Å². The van der Waals surface area contributed by atoms with Gasteiger partial charge in [-0.1, -0.05) is 0 Å². The van der Waals surface area contributed by atoms with Gasteiger partial charge in [0.25, 0.3) is 0 Å². The van der Waals surface area contributed by atoms with E-state index in [1.54, 1.807) is 11.8 Å². The van der Waals surface area contributed by atoms with Crippen molar-refractivity contribution in [3.63, 3.8) is 0 Å². The van der Waals surface area contributed by atoms with E-state index in [4.69, 9.17) is 9.47 Å². The summed E-state index contributed by atoms with van der Waals surface area (Å²) >= 11 is 0. The lowest BCUT2D eigenvalue weighted by molar-refractivity contribution is 0.0651. The molecule has 2 atom stereocenters. The number of aliphatic hydroxyl groups excluding tert-OH is 1. The van der Waals surface area contributed by atoms with Crippen LogP contribution in [0.4, 0.5) is 0 Å². The molecule has 0 bridgehead atoms. The van der Waals surface area contributed by atoms with Crippen molar-refractivity contribution in [1.82, 2.24) is 9.78 Å². The van der Waals surface area contributed by atoms with Gasteiger partial charge < -0.3 is 14.6 Å². The third-order valence-corrected chi connectivity index (χ3v) is 3.68. The lowest BCUT2D eigenvalue weighted by Gasteiger charge is -2.29. The Labute approximate surface area is 117 Å². The molecule has 1 unspecified atom stereocenters. The van der Waals surface area contributed by atoms with Crippen LogP contribution in [0.3, 0.4) is 0 Å². The molecule has 5 heteroatoms. The Hall–Kier alpha value is -2.01. The Morgan fingerprint density at radius 1 is 1.40 bits per heavy atom. The van der Waals surface area contributed by atoms with Crippen LogP contribution in [0.1, 0.15) is 35.4 Å². The van der Waals surface area contributed by atoms with E-state index in [-0.39, 0.29) is 6.10 Å². The number of aliphatic hydroxyl groups is 1. The van der Waals surface area contributed by atoms with Crippen LogP contribution in [0.25, 0.3) is 0 Å². The van der Waals surface area contributed by atoms with Crippen LogP contribution in [0.15, 0.2) is 24.4 Å². The molecule has 0 spiro atoms. The van der Waals surface area contributed by atoms with Gasteiger partial charge in [0.15, 0.2) is 0 Å². The van der Waals surface area contributed by atoms with Crippen LogP contribution in [0.2, 0.25) is 0 Å². The number of fused-ring (bicyclic) bond motifs is 1. The average Bonchev–Trinajstić information content (AvgIpc) is 2.77. The number of nitrogens with zero attached hydrogens (tertiary/aromatic N) is 2. The summed E-state index contributed by atoms with van der Waals surface area (Å²) in [6, 6.07) is 5.51. The fourth-order valence-electron chi connectivity index (χ4n) is 2.68. The minimum atomic E-state index is -0.557. The summed E-state index contributed by atoms with van der Waals surface area (Å²) in [6.45, 7) is 1.95. The van der Waals surface area contributed by atoms with Crippen molar-refractivity contribution in [2.45, 2.75) is 25.6 Å². The molecule has 0 saturated carbocycles. The molecule has 5 nitrogen and oxygen atoms in total. The molecule has 1 aliphatic rings. The molecule has 0 amide bonds. The van der Waals surface area contributed by atoms with E-state index in [9.17, 15) is 5.11 Å². The number of hydrogen-bond donors (Lipinski definition) is 1. The number of benzene rings is 1. The second-order valence-electron chi connectivity index (χ2n) is 5.11. The molecule has 2 heterocycles. The van der Waals surface area contributed by atoms with Gasteiger partial charge in [0.05, 0.1) is 18.9 Å². The van der Waals surface area contributed by atoms with Crippen molar-refractivity contribution < 1.29 is 14.6 Å². The quantitative estimate of drug-likeness (QED) is 0.913. The Morgan fingerprint density at radius 2 is 2.20 bits per heavy atom. The van der Waals surface area contributed by atoms with Crippen LogP contribution in [-0.2, 0) is 7.05 Å². The third-order valence-electron chi connectivity index (χ3n) is 3.68. The van der Waals surface area contributed by atoms with E-state index >= 15 is 0 Å². The Balaban J connectivity index is 1.94. The van der Waals surface area contributed by atoms with E-state index in [1.165, 1.54) is 0 Å². The highest BCUT2D eigenvalue weighted by molar-refractivity contribution is 5.43. The van der Waals surface area contributed by atoms with E-state index in [2.05, 4.69) is 5.10 Å². The van der Waals surface area contributed by atoms with Crippen molar-refractivity contribution in [3.8, 4) is 11.5 Å². The van der Waals surface area contributed by atoms with Crippen LogP contribution in [-0.4, -0.2) is 22.0 Å². The molecule has 1 aromatic heterocycles. The number of methoxy groups -OCH3 is 1. The molecule has 0 saturated heterocycles. The Morgan fingerprint density at radius 3 is 2.85 bits per heavy atom. The molecule has 3 rings (SSSR count). The molecule has 1 aliphatic heterocycles. The molecule has 1 aromatic carbocycles. The first-order chi connectivity index (χ1) is 9.58. The highest BCUT2D eigenvalue weighted by atomic mass is 16.5. The van der Waals surface area contributed by atoms with Gasteiger partial charge in [-0.2, -0.15) is 5.10 Å². The van der Waals surface area contributed by atoms with Crippen molar-refractivity contribution in [1.29, 1.82) is 0 Å². The minimum Gasteiger partial charge on any atom is -0.497 e. The summed E-state index contributed by atoms with van der Waals surface area (Å²) in [7, 11) is 3.49. The molecule has 0 aliphatic carbocycles. The topological polar surface area (TPSA) is 56.5 Å². The molecule has 0 radical (unpaired) electrons. The highest BCUT2D eigenvalue weighted by Crippen LogP contribution is 2.42. The zero-order valence-electron chi connectivity index (χ0n) is 11.8. The fraction of sp³-hybridized carbons (Fsp3) is 0.400. The normalized spacial score (nSPS) is 21.2. The summed E-state index contributed by atoms with van der Waals surface area (Å²) < 4.78 is 13.0. The maximum atomic E-state index is 10.3. The van der Waals surface area contributed by atoms with Gasteiger partial charge in [-0.25, -0.2) is 0 Å². The molecule has 2 aromatic rings. The number of hydrogen-bond acceptors (Lipinski definition) is 4. The van der Waals surface area contributed by atoms with Gasteiger partial charge in [0.1, 0.15) is 17.6 Å². The lowest BCUT2D eigenvalue weighted by Crippen LogP contribution is -2.19. The predicted molar refractivity (Wildman–Crippen MR) is 73.9 cm³/mol. The van der Waals surface area contributed by atoms with Gasteiger partial charge in [-0.3, -0.25) is 4.68 Å². The standard InChI is InChI=1S/C15H18N2O3/c1-9-12(8-17(2)16-9)15-7-13(18)11-6-10(19-3)4-5-14(11)20-15/h4-6,8,13,15,18H,7H2,1-3H3/t13-,15?/m0/s1. The smallest absolute Gasteiger partial charge is 0.130 e. The predicted octanol–water partition coefficient (Wildman–Crippen LogP) is 2.29. The van der Waals surface area contributed by atoms with E-state index in [0.29, 0.717) is 12.2 Å². The molecule has 20 heavy (non-hydrogen) atoms. The molecular weight excluding hydrogens is 256 g/mol. The van der Waals surface area contributed by atoms with E-state index in [0.717, 1.165) is 22.6 Å². The summed E-state index contributed by atoms with van der Waals surface area (Å²) in [5.74, 6) is 1.43. The van der Waals surface area contributed by atoms with Crippen LogP contribution >= 0.6 is 0 Å². The Kier molecular flexibility index (Phi) is 3.14. The first-order valence-electron chi connectivity index (χ1n) is 6.61. The van der Waals surface area contributed by atoms with Gasteiger partial charge in [0, 0.05) is 30.8 Å². The van der Waals surface area contributed by atoms with Gasteiger partial charge >= 0.3 is 0 Å². The maximum Gasteiger partial charge on any atom is 0.130 e. The number of rotatable bonds is 2. The minimum absolute atomic E-state index is 0.167. The summed E-state index contributed by atoms with van der Waals surface area (Å²) in [6.07, 6.45) is 1.74. The SMILES string of the molecule is COc1ccc2c(c1)[C@@H](O)CC(c1cn(C)nc1C)O2. The van der Waals surface area contributed by atoms with Crippen LogP contribution in [0, 0.1) is 6.92 Å². The van der Waals surface area contributed by atoms with Crippen LogP contribution < -0.4 is 9.47 Å². The number of ether oxygens (including phenoxy) is 2. The zero-order chi connectivity index (χ0) is 14.3. The summed E-state index contributed by atoms with van der Waals surface area (Å²) in [5, 5.41) is 14.7. The number of aryl methyl sites for hydroxylation is 2. The molecular formula is C15H18N2O3. The molecule has 0 fully saturated rings. The van der Waals surface area contributed by atoms with Crippen molar-refractivity contribution in [2.75, 3.05) is 7.11 Å². The summed E-state index contributed by atoms with van der Waals surface area (Å²) in [5.41, 5.74) is 2.73. The van der Waals surface area contributed by atoms with Gasteiger partial charge in [-0.05, 0) is 25.1 Å². The van der Waals surface area contributed by atoms with Crippen molar-refractivity contribution >= 4 is 0 Å². The second kappa shape index (κ2) is 4.83. The van der Waals surface area contributed by atoms with Crippen molar-refractivity contribution in [3.05, 3.63) is 41.2 Å². The summed E-state index contributed by atoms with van der Waals surface area (Å²) in [4.78, 5) is 0. The lowest BCUT2D eigenvalue weighted by atomic mass is 9.95. The first kappa shape index (κ1) is 13.0. The first-order valence-corrected chi connectivity index (χ1v) is 6.61. The monoisotopic (exact) mass is 274 g/mol. The Bertz CT molecular complexity index is 636. The largest absolute Gasteiger partial charge is 0.497 e. The average molecular weight is 274 g/mol. The van der Waals surface area contributed by atoms with Crippen molar-refractivity contribution in [2.24, 2.45) is 7.05 Å². The maximum absolute atomic E-state index is 10.3. The molecule has 106 valence electrons. The number of aromatic nitrogens is 2. The van der Waals surface area contributed by atoms with Gasteiger partial charge in [-0.15, -0.1) is 0 Å². The van der Waals surface area contributed by atoms with E-state index in [1.807, 2.05) is 38.4 Å². The van der Waals surface area contributed by atoms with Crippen LogP contribution in [0.5, 0.6) is 11.5 Å². The van der Waals surface area contributed by atoms with Gasteiger partial charge in [0.2, 0.25) is 0 Å². The zero-order valence-corrected chi connectivity index (χ0v) is 11.8. The third kappa shape index (κ3) is 2.14. The fourth-order valence-corrected chi connectivity index (χ4v) is 2.68.